The van der Waals surface area contributed by atoms with E-state index in [0.29, 0.717) is 54.2 Å². The Morgan fingerprint density at radius 3 is 2.31 bits per heavy atom. The highest BCUT2D eigenvalue weighted by Gasteiger charge is 2.39. The number of aromatic nitrogens is 2. The molecule has 45 heavy (non-hydrogen) atoms. The average molecular weight is 649 g/mol. The molecule has 0 N–H and O–H groups in total. The van der Waals surface area contributed by atoms with Crippen molar-refractivity contribution in [3.05, 3.63) is 89.4 Å². The van der Waals surface area contributed by atoms with Gasteiger partial charge in [-0.2, -0.15) is 0 Å². The smallest absolute Gasteiger partial charge is 0.406 e. The van der Waals surface area contributed by atoms with Gasteiger partial charge in [0.1, 0.15) is 28.7 Å². The van der Waals surface area contributed by atoms with Crippen LogP contribution in [-0.2, 0) is 12.8 Å². The minimum Gasteiger partial charge on any atom is -0.406 e. The molecule has 6 nitrogen and oxygen atoms in total. The first-order valence-corrected chi connectivity index (χ1v) is 15.0. The van der Waals surface area contributed by atoms with Gasteiger partial charge in [0.25, 0.3) is 0 Å². The highest BCUT2D eigenvalue weighted by molar-refractivity contribution is 5.96. The monoisotopic (exact) mass is 648 g/mol. The summed E-state index contributed by atoms with van der Waals surface area (Å²) in [5.74, 6) is -1.16. The highest BCUT2D eigenvalue weighted by Crippen LogP contribution is 2.38. The molecule has 3 heterocycles. The second-order valence-corrected chi connectivity index (χ2v) is 11.4. The molecule has 0 unspecified atom stereocenters. The van der Waals surface area contributed by atoms with Crippen molar-refractivity contribution in [2.75, 3.05) is 22.9 Å². The van der Waals surface area contributed by atoms with Gasteiger partial charge in [-0.3, -0.25) is 9.20 Å². The molecule has 1 saturated carbocycles. The van der Waals surface area contributed by atoms with Crippen molar-refractivity contribution >= 4 is 35.2 Å². The van der Waals surface area contributed by atoms with E-state index in [1.165, 1.54) is 36.5 Å². The molecular weight excluding hydrogens is 615 g/mol. The first-order valence-electron chi connectivity index (χ1n) is 15.0. The van der Waals surface area contributed by atoms with E-state index in [1.54, 1.807) is 22.6 Å². The molecule has 2 aromatic carbocycles. The number of hydrogen-bond donors (Lipinski definition) is 0. The van der Waals surface area contributed by atoms with Crippen molar-refractivity contribution in [3.63, 3.8) is 0 Å². The van der Waals surface area contributed by atoms with E-state index in [2.05, 4.69) is 19.5 Å². The average Bonchev–Trinajstić information content (AvgIpc) is 3.37. The van der Waals surface area contributed by atoms with Crippen molar-refractivity contribution < 1.29 is 31.5 Å². The second-order valence-electron chi connectivity index (χ2n) is 11.4. The molecule has 0 spiro atoms. The number of pyridine rings is 1. The van der Waals surface area contributed by atoms with Gasteiger partial charge in [0, 0.05) is 49.5 Å². The Morgan fingerprint density at radius 1 is 0.956 bits per heavy atom. The Labute approximate surface area is 264 Å². The Balaban J connectivity index is 0.00000400. The van der Waals surface area contributed by atoms with Crippen LogP contribution in [0.5, 0.6) is 5.75 Å². The van der Waals surface area contributed by atoms with Crippen molar-refractivity contribution in [1.29, 1.82) is 0 Å². The quantitative estimate of drug-likeness (QED) is 0.143. The molecule has 12 heteroatoms. The minimum atomic E-state index is -4.74. The number of benzene rings is 2. The summed E-state index contributed by atoms with van der Waals surface area (Å²) in [7, 11) is 0. The summed E-state index contributed by atoms with van der Waals surface area (Å²) in [5, 5.41) is 0. The number of halogens is 6. The van der Waals surface area contributed by atoms with Crippen LogP contribution in [0.3, 0.4) is 0 Å². The van der Waals surface area contributed by atoms with E-state index >= 15 is 4.39 Å². The zero-order chi connectivity index (χ0) is 31.0. The third-order valence-corrected chi connectivity index (χ3v) is 8.70. The number of rotatable bonds is 8. The first-order chi connectivity index (χ1) is 21.1. The number of carbonyl (C=O) groups excluding carboxylic acids is 1. The number of ether oxygens (including phenoxy) is 1. The predicted octanol–water partition coefficient (Wildman–Crippen LogP) is 7.95. The lowest BCUT2D eigenvalue weighted by Gasteiger charge is -2.52. The number of carbonyl (C=O) groups is 1. The molecule has 0 radical (unpaired) electrons. The molecule has 240 valence electrons. The largest absolute Gasteiger partial charge is 0.573 e. The van der Waals surface area contributed by atoms with E-state index in [-0.39, 0.29) is 48.3 Å². The van der Waals surface area contributed by atoms with Crippen LogP contribution in [0.15, 0.2) is 60.8 Å². The van der Waals surface area contributed by atoms with Crippen molar-refractivity contribution in [1.82, 2.24) is 9.38 Å². The molecule has 1 saturated heterocycles. The Kier molecular flexibility index (Phi) is 9.57. The lowest BCUT2D eigenvalue weighted by atomic mass is 9.85. The number of anilines is 2. The lowest BCUT2D eigenvalue weighted by Crippen LogP contribution is -2.61. The molecule has 1 aliphatic carbocycles. The zero-order valence-electron chi connectivity index (χ0n) is 24.7. The zero-order valence-corrected chi connectivity index (χ0v) is 25.5. The third-order valence-electron chi connectivity index (χ3n) is 8.70. The van der Waals surface area contributed by atoms with Crippen LogP contribution in [0.2, 0.25) is 0 Å². The van der Waals surface area contributed by atoms with Crippen LogP contribution in [-0.4, -0.2) is 46.7 Å². The summed E-state index contributed by atoms with van der Waals surface area (Å²) in [6.45, 7) is 3.05. The number of imidazole rings is 1. The molecule has 0 bridgehead atoms. The fraction of sp³-hybridized carbons (Fsp3) is 0.394. The van der Waals surface area contributed by atoms with Crippen molar-refractivity contribution in [2.45, 2.75) is 70.3 Å². The van der Waals surface area contributed by atoms with Gasteiger partial charge in [-0.15, -0.1) is 25.6 Å². The summed E-state index contributed by atoms with van der Waals surface area (Å²) < 4.78 is 72.8. The van der Waals surface area contributed by atoms with Gasteiger partial charge in [0.05, 0.1) is 11.4 Å². The van der Waals surface area contributed by atoms with Gasteiger partial charge >= 0.3 is 6.36 Å². The maximum absolute atomic E-state index is 15.7. The Morgan fingerprint density at radius 2 is 1.64 bits per heavy atom. The number of hydrogen-bond acceptors (Lipinski definition) is 5. The van der Waals surface area contributed by atoms with E-state index in [4.69, 9.17) is 0 Å². The van der Waals surface area contributed by atoms with Gasteiger partial charge in [0.15, 0.2) is 5.78 Å². The minimum absolute atomic E-state index is 0. The molecule has 1 aliphatic heterocycles. The molecule has 2 atom stereocenters. The summed E-state index contributed by atoms with van der Waals surface area (Å²) in [5.41, 5.74) is 3.46. The molecule has 4 aromatic rings. The van der Waals surface area contributed by atoms with Crippen LogP contribution in [0.4, 0.5) is 33.3 Å². The summed E-state index contributed by atoms with van der Waals surface area (Å²) in [6, 6.07) is 13.8. The number of nitrogens with zero attached hydrogens (tertiary/aromatic N) is 4. The molecule has 2 aliphatic rings. The Bertz CT molecular complexity index is 1660. The van der Waals surface area contributed by atoms with Gasteiger partial charge in [0.2, 0.25) is 0 Å². The number of aryl methyl sites for hydroxylation is 2. The SMILES string of the molecule is CCc1nc2cc(F)ccn2c1C(=O)CCc1ccc(N2CCN(c3ccc(OC(F)(F)F)cc3)[C@H]3CCCC[C@@H]32)c(F)c1.Cl. The van der Waals surface area contributed by atoms with Crippen LogP contribution >= 0.6 is 12.4 Å². The molecule has 0 amide bonds. The maximum atomic E-state index is 15.7. The molecule has 2 fully saturated rings. The van der Waals surface area contributed by atoms with Gasteiger partial charge in [-0.1, -0.05) is 25.8 Å². The first kappa shape index (κ1) is 32.5. The van der Waals surface area contributed by atoms with E-state index in [0.717, 1.165) is 31.4 Å². The van der Waals surface area contributed by atoms with E-state index in [1.807, 2.05) is 13.0 Å². The number of fused-ring (bicyclic) bond motifs is 2. The molecule has 6 rings (SSSR count). The summed E-state index contributed by atoms with van der Waals surface area (Å²) >= 11 is 0. The molecule has 2 aromatic heterocycles. The predicted molar refractivity (Wildman–Crippen MR) is 165 cm³/mol. The van der Waals surface area contributed by atoms with Crippen LogP contribution in [0.1, 0.15) is 60.8 Å². The highest BCUT2D eigenvalue weighted by atomic mass is 35.5. The summed E-state index contributed by atoms with van der Waals surface area (Å²) in [6.07, 6.45) is 1.63. The fourth-order valence-electron chi connectivity index (χ4n) is 6.75. The van der Waals surface area contributed by atoms with Gasteiger partial charge < -0.3 is 14.5 Å². The van der Waals surface area contributed by atoms with Gasteiger partial charge in [-0.25, -0.2) is 13.8 Å². The third kappa shape index (κ3) is 6.88. The van der Waals surface area contributed by atoms with Crippen molar-refractivity contribution in [3.8, 4) is 5.75 Å². The molecular formula is C33H34ClF5N4O2. The van der Waals surface area contributed by atoms with Crippen LogP contribution < -0.4 is 14.5 Å². The summed E-state index contributed by atoms with van der Waals surface area (Å²) in [4.78, 5) is 22.0. The van der Waals surface area contributed by atoms with E-state index < -0.39 is 12.2 Å². The number of piperazine rings is 1. The van der Waals surface area contributed by atoms with Crippen LogP contribution in [0.25, 0.3) is 5.65 Å². The van der Waals surface area contributed by atoms with Gasteiger partial charge in [-0.05, 0) is 73.7 Å². The van der Waals surface area contributed by atoms with Crippen molar-refractivity contribution in [2.24, 2.45) is 0 Å². The van der Waals surface area contributed by atoms with E-state index in [9.17, 15) is 22.4 Å². The lowest BCUT2D eigenvalue weighted by molar-refractivity contribution is -0.274. The standard InChI is InChI=1S/C33H33F5N4O2.ClH/c1-2-26-32(42-16-15-22(34)20-31(42)39-26)30(43)14-8-21-7-13-27(25(35)19-21)41-18-17-40(28-5-3-4-6-29(28)41)23-9-11-24(12-10-23)44-33(36,37)38;/h7,9-13,15-16,19-20,28-29H,2-6,8,14,17-18H2,1H3;1H/t28-,29-;/m0./s1. The Hall–Kier alpha value is -3.86. The fourth-order valence-corrected chi connectivity index (χ4v) is 6.75. The second kappa shape index (κ2) is 13.2. The topological polar surface area (TPSA) is 50.1 Å². The van der Waals surface area contributed by atoms with Crippen LogP contribution in [0, 0.1) is 11.6 Å². The number of alkyl halides is 3. The maximum Gasteiger partial charge on any atom is 0.573 e. The number of Topliss-reactive ketones (excluding diaryl/α,β-unsaturated/α-hetero) is 1. The number of ketones is 1. The normalized spacial score (nSPS) is 18.4.